The fraction of sp³-hybridized carbons (Fsp3) is 0.185. The molecule has 2 aromatic carbocycles. The Morgan fingerprint density at radius 3 is 2.56 bits per heavy atom. The normalized spacial score (nSPS) is 12.9. The number of fused-ring (bicyclic) bond motifs is 1. The second-order valence-electron chi connectivity index (χ2n) is 8.20. The van der Waals surface area contributed by atoms with Crippen LogP contribution in [0.1, 0.15) is 43.7 Å². The highest BCUT2D eigenvalue weighted by molar-refractivity contribution is 7.16. The first-order chi connectivity index (χ1) is 16.5. The van der Waals surface area contributed by atoms with Gasteiger partial charge in [-0.2, -0.15) is 0 Å². The van der Waals surface area contributed by atoms with Crippen LogP contribution in [0.2, 0.25) is 0 Å². The Bertz CT molecular complexity index is 1350. The highest BCUT2D eigenvalue weighted by Crippen LogP contribution is 2.43. The van der Waals surface area contributed by atoms with Gasteiger partial charge in [0.15, 0.2) is 11.5 Å². The van der Waals surface area contributed by atoms with Crippen molar-refractivity contribution >= 4 is 28.1 Å². The van der Waals surface area contributed by atoms with Gasteiger partial charge in [-0.25, -0.2) is 4.98 Å². The first-order valence-electron chi connectivity index (χ1n) is 11.1. The van der Waals surface area contributed by atoms with E-state index in [-0.39, 0.29) is 18.7 Å². The molecular weight excluding hydrogens is 446 g/mol. The monoisotopic (exact) mass is 471 g/mol. The minimum absolute atomic E-state index is 0.138. The second kappa shape index (κ2) is 9.19. The number of carbonyl (C=O) groups is 1. The van der Waals surface area contributed by atoms with E-state index in [2.05, 4.69) is 29.5 Å². The van der Waals surface area contributed by atoms with Gasteiger partial charge in [0.25, 0.3) is 5.91 Å². The van der Waals surface area contributed by atoms with Crippen LogP contribution < -0.4 is 20.1 Å². The van der Waals surface area contributed by atoms with Gasteiger partial charge in [-0.3, -0.25) is 4.79 Å². The molecule has 0 bridgehead atoms. The Hall–Kier alpha value is -3.84. The number of ether oxygens (including phenoxy) is 2. The standard InChI is InChI=1S/C27H25N3O3S/c1-16-8-7-11-23(28-16)29-25(20-12-13-21-22(14-20)33-15-32-21)24-17(2)18(3)34-27(24)30-26(31)19-9-5-4-6-10-19/h4-14,25H,15H2,1-3H3,(H,28,29)(H,30,31). The molecule has 0 aliphatic carbocycles. The number of pyridine rings is 1. The zero-order valence-electron chi connectivity index (χ0n) is 19.2. The average Bonchev–Trinajstić information content (AvgIpc) is 3.42. The number of rotatable bonds is 6. The number of anilines is 2. The molecule has 5 rings (SSSR count). The molecule has 6 nitrogen and oxygen atoms in total. The smallest absolute Gasteiger partial charge is 0.256 e. The fourth-order valence-corrected chi connectivity index (χ4v) is 5.13. The lowest BCUT2D eigenvalue weighted by Crippen LogP contribution is -2.18. The number of aryl methyl sites for hydroxylation is 2. The fourth-order valence-electron chi connectivity index (χ4n) is 4.04. The summed E-state index contributed by atoms with van der Waals surface area (Å²) in [6.07, 6.45) is 0. The second-order valence-corrected chi connectivity index (χ2v) is 9.43. The van der Waals surface area contributed by atoms with Crippen LogP contribution in [0.5, 0.6) is 11.5 Å². The third-order valence-electron chi connectivity index (χ3n) is 5.89. The van der Waals surface area contributed by atoms with E-state index in [1.807, 2.05) is 73.7 Å². The van der Waals surface area contributed by atoms with Gasteiger partial charge in [0, 0.05) is 21.7 Å². The molecule has 0 spiro atoms. The summed E-state index contributed by atoms with van der Waals surface area (Å²) in [4.78, 5) is 18.8. The van der Waals surface area contributed by atoms with E-state index in [9.17, 15) is 4.79 Å². The van der Waals surface area contributed by atoms with Crippen molar-refractivity contribution in [3.05, 3.63) is 99.6 Å². The molecule has 2 N–H and O–H groups in total. The molecule has 34 heavy (non-hydrogen) atoms. The summed E-state index contributed by atoms with van der Waals surface area (Å²) in [5.41, 5.74) is 4.66. The van der Waals surface area contributed by atoms with Crippen LogP contribution in [-0.2, 0) is 0 Å². The van der Waals surface area contributed by atoms with Gasteiger partial charge < -0.3 is 20.1 Å². The van der Waals surface area contributed by atoms with Crippen molar-refractivity contribution in [3.63, 3.8) is 0 Å². The number of benzene rings is 2. The van der Waals surface area contributed by atoms with Crippen molar-refractivity contribution in [1.29, 1.82) is 0 Å². The molecule has 0 radical (unpaired) electrons. The number of nitrogens with zero attached hydrogens (tertiary/aromatic N) is 1. The molecule has 1 aliphatic heterocycles. The topological polar surface area (TPSA) is 72.5 Å². The molecule has 3 heterocycles. The maximum Gasteiger partial charge on any atom is 0.256 e. The third-order valence-corrected chi connectivity index (χ3v) is 7.03. The Balaban J connectivity index is 1.59. The number of amides is 1. The number of aromatic nitrogens is 1. The molecule has 0 saturated carbocycles. The zero-order chi connectivity index (χ0) is 23.7. The van der Waals surface area contributed by atoms with Crippen molar-refractivity contribution in [2.45, 2.75) is 26.8 Å². The van der Waals surface area contributed by atoms with Crippen molar-refractivity contribution in [2.24, 2.45) is 0 Å². The molecule has 1 aliphatic rings. The third kappa shape index (κ3) is 4.34. The van der Waals surface area contributed by atoms with Gasteiger partial charge in [-0.15, -0.1) is 11.3 Å². The van der Waals surface area contributed by atoms with Crippen LogP contribution in [0.15, 0.2) is 66.7 Å². The molecule has 7 heteroatoms. The zero-order valence-corrected chi connectivity index (χ0v) is 20.0. The minimum Gasteiger partial charge on any atom is -0.454 e. The minimum atomic E-state index is -0.264. The lowest BCUT2D eigenvalue weighted by Gasteiger charge is -2.23. The number of nitrogens with one attached hydrogen (secondary N) is 2. The van der Waals surface area contributed by atoms with E-state index < -0.39 is 0 Å². The molecule has 4 aromatic rings. The van der Waals surface area contributed by atoms with Crippen LogP contribution >= 0.6 is 11.3 Å². The molecular formula is C27H25N3O3S. The Morgan fingerprint density at radius 2 is 1.76 bits per heavy atom. The van der Waals surface area contributed by atoms with Gasteiger partial charge in [0.2, 0.25) is 6.79 Å². The Kier molecular flexibility index (Phi) is 5.94. The lowest BCUT2D eigenvalue weighted by atomic mass is 9.96. The lowest BCUT2D eigenvalue weighted by molar-refractivity contribution is 0.102. The van der Waals surface area contributed by atoms with Gasteiger partial charge in [0.1, 0.15) is 10.8 Å². The Morgan fingerprint density at radius 1 is 0.971 bits per heavy atom. The van der Waals surface area contributed by atoms with Crippen LogP contribution in [0, 0.1) is 20.8 Å². The summed E-state index contributed by atoms with van der Waals surface area (Å²) in [5.74, 6) is 2.06. The summed E-state index contributed by atoms with van der Waals surface area (Å²) >= 11 is 1.58. The summed E-state index contributed by atoms with van der Waals surface area (Å²) < 4.78 is 11.2. The van der Waals surface area contributed by atoms with Gasteiger partial charge in [-0.05, 0) is 68.3 Å². The molecule has 2 aromatic heterocycles. The van der Waals surface area contributed by atoms with Crippen LogP contribution in [0.4, 0.5) is 10.8 Å². The van der Waals surface area contributed by atoms with Gasteiger partial charge in [0.05, 0.1) is 6.04 Å². The molecule has 0 saturated heterocycles. The molecule has 1 atom stereocenters. The van der Waals surface area contributed by atoms with E-state index in [1.165, 1.54) is 0 Å². The van der Waals surface area contributed by atoms with E-state index in [1.54, 1.807) is 11.3 Å². The predicted octanol–water partition coefficient (Wildman–Crippen LogP) is 6.25. The molecule has 1 amide bonds. The van der Waals surface area contributed by atoms with E-state index >= 15 is 0 Å². The summed E-state index contributed by atoms with van der Waals surface area (Å²) in [7, 11) is 0. The van der Waals surface area contributed by atoms with Gasteiger partial charge >= 0.3 is 0 Å². The van der Waals surface area contributed by atoms with E-state index in [0.717, 1.165) is 43.8 Å². The molecule has 0 fully saturated rings. The van der Waals surface area contributed by atoms with Crippen molar-refractivity contribution in [1.82, 2.24) is 4.98 Å². The van der Waals surface area contributed by atoms with Gasteiger partial charge in [-0.1, -0.05) is 30.3 Å². The first kappa shape index (κ1) is 22.0. The number of thiophene rings is 1. The Labute approximate surface area is 202 Å². The summed E-state index contributed by atoms with van der Waals surface area (Å²) in [5, 5.41) is 7.56. The number of carbonyl (C=O) groups excluding carboxylic acids is 1. The average molecular weight is 472 g/mol. The summed E-state index contributed by atoms with van der Waals surface area (Å²) in [6.45, 7) is 6.34. The first-order valence-corrected chi connectivity index (χ1v) is 11.9. The largest absolute Gasteiger partial charge is 0.454 e. The number of hydrogen-bond donors (Lipinski definition) is 2. The molecule has 172 valence electrons. The van der Waals surface area contributed by atoms with Crippen LogP contribution in [-0.4, -0.2) is 17.7 Å². The number of hydrogen-bond acceptors (Lipinski definition) is 6. The van der Waals surface area contributed by atoms with Crippen LogP contribution in [0.3, 0.4) is 0 Å². The summed E-state index contributed by atoms with van der Waals surface area (Å²) in [6, 6.07) is 20.8. The predicted molar refractivity (Wildman–Crippen MR) is 135 cm³/mol. The van der Waals surface area contributed by atoms with Crippen molar-refractivity contribution in [3.8, 4) is 11.5 Å². The van der Waals surface area contributed by atoms with Crippen LogP contribution in [0.25, 0.3) is 0 Å². The highest BCUT2D eigenvalue weighted by Gasteiger charge is 2.27. The molecule has 1 unspecified atom stereocenters. The quantitative estimate of drug-likeness (QED) is 0.348. The van der Waals surface area contributed by atoms with Crippen molar-refractivity contribution in [2.75, 3.05) is 17.4 Å². The SMILES string of the molecule is Cc1cccc(NC(c2ccc3c(c2)OCO3)c2c(NC(=O)c3ccccc3)sc(C)c2C)n1. The highest BCUT2D eigenvalue weighted by atomic mass is 32.1. The van der Waals surface area contributed by atoms with Crippen molar-refractivity contribution < 1.29 is 14.3 Å². The maximum absolute atomic E-state index is 13.0. The van der Waals surface area contributed by atoms with E-state index in [0.29, 0.717) is 11.3 Å². The van der Waals surface area contributed by atoms with E-state index in [4.69, 9.17) is 9.47 Å². The maximum atomic E-state index is 13.0.